The quantitative estimate of drug-likeness (QED) is 0.501. The minimum Gasteiger partial charge on any atom is -0.377 e. The molecule has 0 amide bonds. The Kier molecular flexibility index (Phi) is 7.27. The van der Waals surface area contributed by atoms with E-state index in [2.05, 4.69) is 51.4 Å². The first kappa shape index (κ1) is 24.1. The van der Waals surface area contributed by atoms with Crippen LogP contribution in [0.4, 0.5) is 0 Å². The van der Waals surface area contributed by atoms with E-state index in [4.69, 9.17) is 9.47 Å². The summed E-state index contributed by atoms with van der Waals surface area (Å²) in [6.45, 7) is 9.75. The van der Waals surface area contributed by atoms with Crippen LogP contribution in [0.1, 0.15) is 67.6 Å². The summed E-state index contributed by atoms with van der Waals surface area (Å²) in [5.74, 6) is 0.824. The number of ether oxygens (including phenoxy) is 2. The second kappa shape index (κ2) is 10.6. The average Bonchev–Trinajstić information content (AvgIpc) is 3.60. The molecule has 2 aromatic heterocycles. The smallest absolute Gasteiger partial charge is 0.252 e. The van der Waals surface area contributed by atoms with Crippen molar-refractivity contribution in [2.75, 3.05) is 19.8 Å². The molecule has 0 saturated carbocycles. The van der Waals surface area contributed by atoms with Crippen LogP contribution in [-0.4, -0.2) is 62.1 Å². The summed E-state index contributed by atoms with van der Waals surface area (Å²) in [6.07, 6.45) is 5.32. The molecule has 4 heterocycles. The van der Waals surface area contributed by atoms with Gasteiger partial charge in [-0.15, -0.1) is 5.10 Å². The van der Waals surface area contributed by atoms with Gasteiger partial charge in [0.1, 0.15) is 0 Å². The molecule has 2 aliphatic heterocycles. The lowest BCUT2D eigenvalue weighted by molar-refractivity contribution is 0.0470. The Morgan fingerprint density at radius 1 is 1.14 bits per heavy atom. The van der Waals surface area contributed by atoms with Gasteiger partial charge >= 0.3 is 0 Å². The fraction of sp³-hybridized carbons (Fsp3) is 0.615. The Labute approximate surface area is 205 Å². The van der Waals surface area contributed by atoms with E-state index in [-0.39, 0.29) is 23.8 Å². The summed E-state index contributed by atoms with van der Waals surface area (Å²) < 4.78 is 13.7. The van der Waals surface area contributed by atoms with Crippen LogP contribution in [0.3, 0.4) is 0 Å². The van der Waals surface area contributed by atoms with Crippen molar-refractivity contribution in [3.8, 4) is 0 Å². The number of H-pyrrole nitrogens is 1. The van der Waals surface area contributed by atoms with E-state index in [0.29, 0.717) is 13.1 Å². The van der Waals surface area contributed by atoms with E-state index >= 15 is 0 Å². The number of aromatic nitrogens is 5. The van der Waals surface area contributed by atoms with E-state index < -0.39 is 0 Å². The lowest BCUT2D eigenvalue weighted by Gasteiger charge is -2.32. The summed E-state index contributed by atoms with van der Waals surface area (Å²) >= 11 is 0. The van der Waals surface area contributed by atoms with Crippen molar-refractivity contribution < 1.29 is 9.47 Å². The number of benzene rings is 1. The number of pyridine rings is 1. The number of aryl methyl sites for hydroxylation is 2. The molecule has 188 valence electrons. The van der Waals surface area contributed by atoms with E-state index in [1.54, 1.807) is 0 Å². The van der Waals surface area contributed by atoms with Crippen molar-refractivity contribution >= 4 is 10.9 Å². The molecular weight excluding hydrogens is 444 g/mol. The number of tetrazole rings is 1. The largest absolute Gasteiger partial charge is 0.377 e. The van der Waals surface area contributed by atoms with Gasteiger partial charge < -0.3 is 14.5 Å². The Morgan fingerprint density at radius 2 is 1.91 bits per heavy atom. The lowest BCUT2D eigenvalue weighted by Crippen LogP contribution is -2.38. The number of nitrogens with zero attached hydrogens (tertiary/aromatic N) is 5. The summed E-state index contributed by atoms with van der Waals surface area (Å²) in [6, 6.07) is 6.23. The second-order valence-corrected chi connectivity index (χ2v) is 10.0. The zero-order valence-electron chi connectivity index (χ0n) is 21.0. The molecule has 0 radical (unpaired) electrons. The predicted molar refractivity (Wildman–Crippen MR) is 133 cm³/mol. The second-order valence-electron chi connectivity index (χ2n) is 10.0. The molecule has 2 aliphatic rings. The molecular formula is C26H36N6O3. The van der Waals surface area contributed by atoms with Crippen molar-refractivity contribution in [2.45, 2.75) is 84.2 Å². The number of hydrogen-bond acceptors (Lipinski definition) is 7. The van der Waals surface area contributed by atoms with Crippen LogP contribution >= 0.6 is 0 Å². The minimum atomic E-state index is -0.0457. The van der Waals surface area contributed by atoms with Gasteiger partial charge in [-0.1, -0.05) is 18.6 Å². The number of fused-ring (bicyclic) bond motifs is 1. The number of nitrogens with one attached hydrogen (secondary N) is 1. The molecule has 0 spiro atoms. The van der Waals surface area contributed by atoms with Crippen molar-refractivity contribution in [3.05, 3.63) is 51.1 Å². The van der Waals surface area contributed by atoms with Crippen molar-refractivity contribution in [3.63, 3.8) is 0 Å². The van der Waals surface area contributed by atoms with E-state index in [1.807, 2.05) is 17.7 Å². The van der Waals surface area contributed by atoms with E-state index in [1.165, 1.54) is 5.56 Å². The van der Waals surface area contributed by atoms with Gasteiger partial charge in [-0.05, 0) is 79.5 Å². The molecule has 9 heteroatoms. The molecule has 3 aromatic rings. The lowest BCUT2D eigenvalue weighted by atomic mass is 10.0. The highest BCUT2D eigenvalue weighted by Crippen LogP contribution is 2.28. The number of rotatable bonds is 9. The zero-order valence-corrected chi connectivity index (χ0v) is 21.0. The molecule has 5 rings (SSSR count). The third-order valence-corrected chi connectivity index (χ3v) is 7.29. The maximum Gasteiger partial charge on any atom is 0.252 e. The average molecular weight is 481 g/mol. The fourth-order valence-corrected chi connectivity index (χ4v) is 5.59. The molecule has 2 fully saturated rings. The van der Waals surface area contributed by atoms with Crippen LogP contribution < -0.4 is 5.56 Å². The van der Waals surface area contributed by atoms with Crippen LogP contribution in [0.25, 0.3) is 10.9 Å². The summed E-state index contributed by atoms with van der Waals surface area (Å²) in [7, 11) is 0. The van der Waals surface area contributed by atoms with Gasteiger partial charge in [-0.2, -0.15) is 0 Å². The van der Waals surface area contributed by atoms with Crippen molar-refractivity contribution in [1.29, 1.82) is 0 Å². The topological polar surface area (TPSA) is 98.2 Å². The first-order valence-corrected chi connectivity index (χ1v) is 12.9. The highest BCUT2D eigenvalue weighted by Gasteiger charge is 2.30. The SMILES string of the molecule is CC[C@@H](c1nnnn1C[C@H]1CCCO1)N(Cc1cc2cc(C)cc(C)c2[nH]c1=O)C[C@@H]1CCCO1. The standard InChI is InChI=1S/C26H36N6O3/c1-4-23(25-28-29-30-32(25)16-22-8-6-10-35-22)31(15-21-7-5-9-34-21)14-20-13-19-12-17(2)11-18(3)24(19)27-26(20)33/h11-13,21-23H,4-10,14-16H2,1-3H3,(H,27,33)/t21-,22+,23-/m0/s1. The van der Waals surface area contributed by atoms with Crippen LogP contribution in [0, 0.1) is 13.8 Å². The van der Waals surface area contributed by atoms with Crippen LogP contribution in [0.15, 0.2) is 23.0 Å². The number of aromatic amines is 1. The van der Waals surface area contributed by atoms with Gasteiger partial charge in [0.25, 0.3) is 5.56 Å². The molecule has 9 nitrogen and oxygen atoms in total. The minimum absolute atomic E-state index is 0.0371. The van der Waals surface area contributed by atoms with Crippen LogP contribution in [0.5, 0.6) is 0 Å². The molecule has 1 aromatic carbocycles. The predicted octanol–water partition coefficient (Wildman–Crippen LogP) is 3.44. The Morgan fingerprint density at radius 3 is 2.63 bits per heavy atom. The summed E-state index contributed by atoms with van der Waals surface area (Å²) in [4.78, 5) is 18.6. The monoisotopic (exact) mass is 480 g/mol. The molecule has 0 bridgehead atoms. The van der Waals surface area contributed by atoms with Gasteiger partial charge in [0.15, 0.2) is 5.82 Å². The Hall–Kier alpha value is -2.62. The third-order valence-electron chi connectivity index (χ3n) is 7.29. The van der Waals surface area contributed by atoms with Gasteiger partial charge in [0, 0.05) is 31.9 Å². The van der Waals surface area contributed by atoms with E-state index in [9.17, 15) is 4.79 Å². The molecule has 2 saturated heterocycles. The molecule has 1 N–H and O–H groups in total. The van der Waals surface area contributed by atoms with Crippen molar-refractivity contribution in [1.82, 2.24) is 30.1 Å². The summed E-state index contributed by atoms with van der Waals surface area (Å²) in [5, 5.41) is 13.8. The van der Waals surface area contributed by atoms with Gasteiger partial charge in [0.2, 0.25) is 0 Å². The number of hydrogen-bond donors (Lipinski definition) is 1. The third kappa shape index (κ3) is 5.32. The van der Waals surface area contributed by atoms with Gasteiger partial charge in [-0.3, -0.25) is 9.69 Å². The van der Waals surface area contributed by atoms with E-state index in [0.717, 1.165) is 79.7 Å². The van der Waals surface area contributed by atoms with Crippen LogP contribution in [-0.2, 0) is 22.6 Å². The molecule has 35 heavy (non-hydrogen) atoms. The summed E-state index contributed by atoms with van der Waals surface area (Å²) in [5.41, 5.74) is 3.87. The molecule has 0 unspecified atom stereocenters. The molecule has 3 atom stereocenters. The first-order chi connectivity index (χ1) is 17.0. The maximum absolute atomic E-state index is 13.2. The Bertz CT molecular complexity index is 1210. The van der Waals surface area contributed by atoms with Gasteiger partial charge in [0.05, 0.1) is 30.3 Å². The van der Waals surface area contributed by atoms with Crippen LogP contribution in [0.2, 0.25) is 0 Å². The highest BCUT2D eigenvalue weighted by atomic mass is 16.5. The Balaban J connectivity index is 1.47. The first-order valence-electron chi connectivity index (χ1n) is 12.9. The fourth-order valence-electron chi connectivity index (χ4n) is 5.59. The van der Waals surface area contributed by atoms with Crippen molar-refractivity contribution in [2.24, 2.45) is 0 Å². The highest BCUT2D eigenvalue weighted by molar-refractivity contribution is 5.82. The maximum atomic E-state index is 13.2. The molecule has 0 aliphatic carbocycles. The normalized spacial score (nSPS) is 21.4. The zero-order chi connectivity index (χ0) is 24.4. The van der Waals surface area contributed by atoms with Gasteiger partial charge in [-0.25, -0.2) is 4.68 Å².